The number of carbonyl (C=O) groups excluding carboxylic acids is 2. The maximum atomic E-state index is 12.1. The maximum absolute atomic E-state index is 12.1. The minimum atomic E-state index is -0.227. The highest BCUT2D eigenvalue weighted by molar-refractivity contribution is 7.12. The summed E-state index contributed by atoms with van der Waals surface area (Å²) in [7, 11) is 0. The van der Waals surface area contributed by atoms with Crippen molar-refractivity contribution in [2.45, 2.75) is 25.8 Å². The van der Waals surface area contributed by atoms with Crippen molar-refractivity contribution >= 4 is 34.0 Å². The standard InChI is InChI=1S/C17H16N2O3S/c1-11(9-14(20)16-7-4-8-23-16)18-17(21)10-13-12-5-2-3-6-15(12)22-19-13/h2-8,11H,9-10H2,1H3,(H,18,21)/t11-/m1/s1. The number of hydrogen-bond donors (Lipinski definition) is 1. The van der Waals surface area contributed by atoms with Gasteiger partial charge in [-0.2, -0.15) is 0 Å². The van der Waals surface area contributed by atoms with Crippen LogP contribution in [0.1, 0.15) is 28.7 Å². The molecule has 2 aromatic heterocycles. The first-order valence-corrected chi connectivity index (χ1v) is 8.21. The molecule has 0 aliphatic heterocycles. The summed E-state index contributed by atoms with van der Waals surface area (Å²) in [6, 6.07) is 10.8. The van der Waals surface area contributed by atoms with E-state index >= 15 is 0 Å². The SMILES string of the molecule is C[C@H](CC(=O)c1cccs1)NC(=O)Cc1noc2ccccc12. The van der Waals surface area contributed by atoms with Crippen LogP contribution in [-0.2, 0) is 11.2 Å². The molecule has 1 aromatic carbocycles. The summed E-state index contributed by atoms with van der Waals surface area (Å²) in [4.78, 5) is 24.9. The van der Waals surface area contributed by atoms with E-state index in [0.717, 1.165) is 5.39 Å². The Balaban J connectivity index is 1.57. The minimum absolute atomic E-state index is 0.0414. The number of Topliss-reactive ketones (excluding diaryl/α,β-unsaturated/α-hetero) is 1. The van der Waals surface area contributed by atoms with E-state index in [9.17, 15) is 9.59 Å². The number of benzene rings is 1. The van der Waals surface area contributed by atoms with Crippen LogP contribution in [0.3, 0.4) is 0 Å². The van der Waals surface area contributed by atoms with Crippen molar-refractivity contribution in [3.05, 3.63) is 52.3 Å². The van der Waals surface area contributed by atoms with Crippen LogP contribution in [0.5, 0.6) is 0 Å². The third-order valence-corrected chi connectivity index (χ3v) is 4.39. The van der Waals surface area contributed by atoms with Gasteiger partial charge in [-0.15, -0.1) is 11.3 Å². The summed E-state index contributed by atoms with van der Waals surface area (Å²) in [5.74, 6) is -0.129. The lowest BCUT2D eigenvalue weighted by atomic mass is 10.1. The molecular weight excluding hydrogens is 312 g/mol. The number of amides is 1. The Labute approximate surface area is 137 Å². The van der Waals surface area contributed by atoms with E-state index in [-0.39, 0.29) is 30.6 Å². The molecule has 3 rings (SSSR count). The van der Waals surface area contributed by atoms with E-state index in [4.69, 9.17) is 4.52 Å². The van der Waals surface area contributed by atoms with Crippen LogP contribution in [0.25, 0.3) is 11.0 Å². The largest absolute Gasteiger partial charge is 0.356 e. The lowest BCUT2D eigenvalue weighted by Crippen LogP contribution is -2.35. The molecular formula is C17H16N2O3S. The predicted molar refractivity (Wildman–Crippen MR) is 88.6 cm³/mol. The van der Waals surface area contributed by atoms with Gasteiger partial charge in [0.25, 0.3) is 0 Å². The molecule has 0 saturated carbocycles. The number of fused-ring (bicyclic) bond motifs is 1. The highest BCUT2D eigenvalue weighted by atomic mass is 32.1. The Kier molecular flexibility index (Phi) is 4.52. The van der Waals surface area contributed by atoms with Crippen molar-refractivity contribution in [3.8, 4) is 0 Å². The Hall–Kier alpha value is -2.47. The van der Waals surface area contributed by atoms with Gasteiger partial charge in [0.2, 0.25) is 5.91 Å². The topological polar surface area (TPSA) is 72.2 Å². The van der Waals surface area contributed by atoms with Crippen LogP contribution in [-0.4, -0.2) is 22.9 Å². The Morgan fingerprint density at radius 1 is 1.26 bits per heavy atom. The minimum Gasteiger partial charge on any atom is -0.356 e. The summed E-state index contributed by atoms with van der Waals surface area (Å²) in [6.07, 6.45) is 0.417. The molecule has 0 fully saturated rings. The summed E-state index contributed by atoms with van der Waals surface area (Å²) >= 11 is 1.41. The van der Waals surface area contributed by atoms with E-state index in [1.165, 1.54) is 11.3 Å². The third kappa shape index (κ3) is 3.65. The molecule has 118 valence electrons. The fraction of sp³-hybridized carbons (Fsp3) is 0.235. The number of ketones is 1. The van der Waals surface area contributed by atoms with E-state index < -0.39 is 0 Å². The van der Waals surface area contributed by atoms with Crippen molar-refractivity contribution in [3.63, 3.8) is 0 Å². The lowest BCUT2D eigenvalue weighted by Gasteiger charge is -2.12. The van der Waals surface area contributed by atoms with E-state index in [0.29, 0.717) is 16.2 Å². The molecule has 23 heavy (non-hydrogen) atoms. The normalized spacial score (nSPS) is 12.2. The molecule has 0 spiro atoms. The molecule has 1 N–H and O–H groups in total. The number of nitrogens with zero attached hydrogens (tertiary/aromatic N) is 1. The van der Waals surface area contributed by atoms with Crippen LogP contribution in [0.4, 0.5) is 0 Å². The number of hydrogen-bond acceptors (Lipinski definition) is 5. The van der Waals surface area contributed by atoms with E-state index in [2.05, 4.69) is 10.5 Å². The van der Waals surface area contributed by atoms with Gasteiger partial charge in [0.15, 0.2) is 11.4 Å². The second-order valence-corrected chi connectivity index (χ2v) is 6.32. The van der Waals surface area contributed by atoms with Gasteiger partial charge in [0, 0.05) is 17.8 Å². The molecule has 6 heteroatoms. The molecule has 0 aliphatic rings. The van der Waals surface area contributed by atoms with Gasteiger partial charge in [-0.1, -0.05) is 23.4 Å². The van der Waals surface area contributed by atoms with E-state index in [1.807, 2.05) is 42.6 Å². The molecule has 3 aromatic rings. The van der Waals surface area contributed by atoms with Crippen molar-refractivity contribution < 1.29 is 14.1 Å². The van der Waals surface area contributed by atoms with Gasteiger partial charge in [0.05, 0.1) is 11.3 Å². The van der Waals surface area contributed by atoms with Gasteiger partial charge in [0.1, 0.15) is 5.69 Å². The van der Waals surface area contributed by atoms with Gasteiger partial charge < -0.3 is 9.84 Å². The molecule has 0 aliphatic carbocycles. The summed E-state index contributed by atoms with van der Waals surface area (Å²) in [5, 5.41) is 9.49. The molecule has 0 radical (unpaired) electrons. The van der Waals surface area contributed by atoms with E-state index in [1.54, 1.807) is 6.07 Å². The molecule has 1 atom stereocenters. The van der Waals surface area contributed by atoms with Crippen molar-refractivity contribution in [1.29, 1.82) is 0 Å². The zero-order chi connectivity index (χ0) is 16.2. The first kappa shape index (κ1) is 15.4. The number of rotatable bonds is 6. The molecule has 5 nitrogen and oxygen atoms in total. The number of aromatic nitrogens is 1. The van der Waals surface area contributed by atoms with Gasteiger partial charge in [-0.25, -0.2) is 0 Å². The summed E-state index contributed by atoms with van der Waals surface area (Å²) < 4.78 is 5.19. The third-order valence-electron chi connectivity index (χ3n) is 3.48. The van der Waals surface area contributed by atoms with Crippen molar-refractivity contribution in [1.82, 2.24) is 10.5 Å². The molecule has 2 heterocycles. The van der Waals surface area contributed by atoms with Crippen LogP contribution in [0.2, 0.25) is 0 Å². The van der Waals surface area contributed by atoms with Gasteiger partial charge >= 0.3 is 0 Å². The average molecular weight is 328 g/mol. The number of para-hydroxylation sites is 1. The second kappa shape index (κ2) is 6.75. The first-order chi connectivity index (χ1) is 11.1. The molecule has 0 unspecified atom stereocenters. The van der Waals surface area contributed by atoms with Gasteiger partial charge in [-0.3, -0.25) is 9.59 Å². The predicted octanol–water partition coefficient (Wildman–Crippen LogP) is 3.21. The smallest absolute Gasteiger partial charge is 0.226 e. The fourth-order valence-electron chi connectivity index (χ4n) is 2.41. The highest BCUT2D eigenvalue weighted by Crippen LogP contribution is 2.18. The van der Waals surface area contributed by atoms with Crippen LogP contribution in [0.15, 0.2) is 46.3 Å². The lowest BCUT2D eigenvalue weighted by molar-refractivity contribution is -0.121. The Bertz CT molecular complexity index is 823. The van der Waals surface area contributed by atoms with Gasteiger partial charge in [-0.05, 0) is 30.5 Å². The van der Waals surface area contributed by atoms with Crippen LogP contribution in [0, 0.1) is 0 Å². The van der Waals surface area contributed by atoms with Crippen LogP contribution >= 0.6 is 11.3 Å². The average Bonchev–Trinajstić information content (AvgIpc) is 3.17. The first-order valence-electron chi connectivity index (χ1n) is 7.33. The monoisotopic (exact) mass is 328 g/mol. The fourth-order valence-corrected chi connectivity index (χ4v) is 3.09. The molecule has 1 amide bonds. The quantitative estimate of drug-likeness (QED) is 0.705. The zero-order valence-electron chi connectivity index (χ0n) is 12.6. The number of nitrogens with one attached hydrogen (secondary N) is 1. The highest BCUT2D eigenvalue weighted by Gasteiger charge is 2.16. The number of thiophene rings is 1. The zero-order valence-corrected chi connectivity index (χ0v) is 13.4. The maximum Gasteiger partial charge on any atom is 0.226 e. The number of carbonyl (C=O) groups is 2. The second-order valence-electron chi connectivity index (χ2n) is 5.38. The van der Waals surface area contributed by atoms with Crippen molar-refractivity contribution in [2.75, 3.05) is 0 Å². The van der Waals surface area contributed by atoms with Crippen LogP contribution < -0.4 is 5.32 Å². The molecule has 0 bridgehead atoms. The Morgan fingerprint density at radius 3 is 2.87 bits per heavy atom. The Morgan fingerprint density at radius 2 is 2.09 bits per heavy atom. The summed E-state index contributed by atoms with van der Waals surface area (Å²) in [6.45, 7) is 1.82. The van der Waals surface area contributed by atoms with Crippen molar-refractivity contribution in [2.24, 2.45) is 0 Å². The molecule has 0 saturated heterocycles. The summed E-state index contributed by atoms with van der Waals surface area (Å²) in [5.41, 5.74) is 1.27.